The van der Waals surface area contributed by atoms with Crippen molar-refractivity contribution in [2.45, 2.75) is 11.7 Å². The molecule has 0 bridgehead atoms. The van der Waals surface area contributed by atoms with Gasteiger partial charge in [-0.05, 0) is 29.8 Å². The van der Waals surface area contributed by atoms with Crippen molar-refractivity contribution in [2.24, 2.45) is 7.05 Å². The SMILES string of the molecule is COc1ccc(CN(C)C(=O)CSc2nnc(-c3ccccc3F)n2C)cc1F. The second-order valence-electron chi connectivity index (χ2n) is 6.35. The number of ether oxygens (including phenoxy) is 1. The summed E-state index contributed by atoms with van der Waals surface area (Å²) >= 11 is 1.21. The number of benzene rings is 2. The van der Waals surface area contributed by atoms with Crippen LogP contribution in [0.1, 0.15) is 5.56 Å². The molecule has 1 amide bonds. The minimum absolute atomic E-state index is 0.123. The van der Waals surface area contributed by atoms with E-state index in [1.54, 1.807) is 42.9 Å². The lowest BCUT2D eigenvalue weighted by atomic mass is 10.2. The molecule has 3 rings (SSSR count). The predicted molar refractivity (Wildman–Crippen MR) is 107 cm³/mol. The molecule has 29 heavy (non-hydrogen) atoms. The van der Waals surface area contributed by atoms with Crippen molar-refractivity contribution in [1.29, 1.82) is 0 Å². The number of aromatic nitrogens is 3. The Hall–Kier alpha value is -2.94. The molecule has 0 spiro atoms. The van der Waals surface area contributed by atoms with Crippen LogP contribution in [-0.2, 0) is 18.4 Å². The number of nitrogens with zero attached hydrogens (tertiary/aromatic N) is 4. The number of amides is 1. The fraction of sp³-hybridized carbons (Fsp3) is 0.250. The highest BCUT2D eigenvalue weighted by Gasteiger charge is 2.17. The number of thioether (sulfide) groups is 1. The van der Waals surface area contributed by atoms with Gasteiger partial charge in [0, 0.05) is 20.6 Å². The molecule has 1 aromatic heterocycles. The monoisotopic (exact) mass is 418 g/mol. The number of hydrogen-bond donors (Lipinski definition) is 0. The molecular weight excluding hydrogens is 398 g/mol. The minimum Gasteiger partial charge on any atom is -0.494 e. The molecule has 0 saturated heterocycles. The smallest absolute Gasteiger partial charge is 0.233 e. The van der Waals surface area contributed by atoms with Gasteiger partial charge in [-0.1, -0.05) is 30.0 Å². The van der Waals surface area contributed by atoms with Crippen molar-refractivity contribution in [3.8, 4) is 17.1 Å². The Morgan fingerprint density at radius 2 is 1.93 bits per heavy atom. The summed E-state index contributed by atoms with van der Waals surface area (Å²) in [6.07, 6.45) is 0. The van der Waals surface area contributed by atoms with E-state index in [4.69, 9.17) is 4.74 Å². The lowest BCUT2D eigenvalue weighted by Gasteiger charge is -2.17. The second kappa shape index (κ2) is 9.04. The number of carbonyl (C=O) groups is 1. The fourth-order valence-electron chi connectivity index (χ4n) is 2.72. The second-order valence-corrected chi connectivity index (χ2v) is 7.29. The molecule has 0 saturated carbocycles. The van der Waals surface area contributed by atoms with Crippen LogP contribution in [0.5, 0.6) is 5.75 Å². The van der Waals surface area contributed by atoms with Gasteiger partial charge >= 0.3 is 0 Å². The van der Waals surface area contributed by atoms with Gasteiger partial charge in [-0.2, -0.15) is 0 Å². The molecule has 0 fully saturated rings. The standard InChI is InChI=1S/C20H20F2N4O2S/c1-25(11-13-8-9-17(28-3)16(22)10-13)18(27)12-29-20-24-23-19(26(20)2)14-6-4-5-7-15(14)21/h4-10H,11-12H2,1-3H3. The number of methoxy groups -OCH3 is 1. The zero-order valence-electron chi connectivity index (χ0n) is 16.2. The van der Waals surface area contributed by atoms with E-state index in [9.17, 15) is 13.6 Å². The highest BCUT2D eigenvalue weighted by atomic mass is 32.2. The van der Waals surface area contributed by atoms with Gasteiger partial charge in [-0.15, -0.1) is 10.2 Å². The third kappa shape index (κ3) is 4.73. The molecule has 1 heterocycles. The minimum atomic E-state index is -0.472. The van der Waals surface area contributed by atoms with Crippen molar-refractivity contribution < 1.29 is 18.3 Å². The molecule has 0 unspecified atom stereocenters. The number of carbonyl (C=O) groups excluding carboxylic acids is 1. The van der Waals surface area contributed by atoms with E-state index < -0.39 is 5.82 Å². The van der Waals surface area contributed by atoms with E-state index >= 15 is 0 Å². The lowest BCUT2D eigenvalue weighted by Crippen LogP contribution is -2.28. The molecule has 3 aromatic rings. The maximum Gasteiger partial charge on any atom is 0.233 e. The average Bonchev–Trinajstić information content (AvgIpc) is 3.07. The molecule has 0 N–H and O–H groups in total. The number of hydrogen-bond acceptors (Lipinski definition) is 5. The van der Waals surface area contributed by atoms with Gasteiger partial charge in [0.1, 0.15) is 5.82 Å². The van der Waals surface area contributed by atoms with E-state index in [-0.39, 0.29) is 29.8 Å². The largest absolute Gasteiger partial charge is 0.494 e. The van der Waals surface area contributed by atoms with Gasteiger partial charge in [0.05, 0.1) is 18.4 Å². The molecule has 0 radical (unpaired) electrons. The molecule has 0 atom stereocenters. The Balaban J connectivity index is 1.62. The van der Waals surface area contributed by atoms with E-state index in [1.165, 1.54) is 42.0 Å². The Kier molecular flexibility index (Phi) is 6.48. The molecule has 0 aliphatic carbocycles. The zero-order valence-corrected chi connectivity index (χ0v) is 17.0. The van der Waals surface area contributed by atoms with E-state index in [1.807, 2.05) is 0 Å². The number of halogens is 2. The van der Waals surface area contributed by atoms with Crippen LogP contribution >= 0.6 is 11.8 Å². The summed E-state index contributed by atoms with van der Waals surface area (Å²) < 4.78 is 34.3. The average molecular weight is 418 g/mol. The van der Waals surface area contributed by atoms with Gasteiger partial charge in [-0.25, -0.2) is 8.78 Å². The van der Waals surface area contributed by atoms with Gasteiger partial charge in [0.25, 0.3) is 0 Å². The highest BCUT2D eigenvalue weighted by Crippen LogP contribution is 2.25. The maximum atomic E-state index is 14.0. The first kappa shape index (κ1) is 20.8. The van der Waals surface area contributed by atoms with Gasteiger partial charge in [-0.3, -0.25) is 4.79 Å². The Bertz CT molecular complexity index is 1030. The third-order valence-electron chi connectivity index (χ3n) is 4.34. The van der Waals surface area contributed by atoms with Crippen LogP contribution in [0.2, 0.25) is 0 Å². The molecule has 0 aliphatic rings. The van der Waals surface area contributed by atoms with Crippen LogP contribution in [0.4, 0.5) is 8.78 Å². The van der Waals surface area contributed by atoms with E-state index in [0.717, 1.165) is 0 Å². The summed E-state index contributed by atoms with van der Waals surface area (Å²) in [5.74, 6) is -0.340. The molecule has 152 valence electrons. The normalized spacial score (nSPS) is 10.8. The maximum absolute atomic E-state index is 14.0. The highest BCUT2D eigenvalue weighted by molar-refractivity contribution is 7.99. The quantitative estimate of drug-likeness (QED) is 0.550. The van der Waals surface area contributed by atoms with Crippen LogP contribution in [0, 0.1) is 11.6 Å². The van der Waals surface area contributed by atoms with Crippen molar-refractivity contribution in [2.75, 3.05) is 19.9 Å². The van der Waals surface area contributed by atoms with Crippen LogP contribution in [0.15, 0.2) is 47.6 Å². The van der Waals surface area contributed by atoms with Crippen LogP contribution < -0.4 is 4.74 Å². The van der Waals surface area contributed by atoms with Crippen LogP contribution in [0.3, 0.4) is 0 Å². The Labute approximate surface area is 171 Å². The third-order valence-corrected chi connectivity index (χ3v) is 5.34. The molecule has 2 aromatic carbocycles. The summed E-state index contributed by atoms with van der Waals surface area (Å²) in [6.45, 7) is 0.263. The molecule has 6 nitrogen and oxygen atoms in total. The first-order valence-electron chi connectivity index (χ1n) is 8.74. The Morgan fingerprint density at radius 1 is 1.17 bits per heavy atom. The molecule has 9 heteroatoms. The van der Waals surface area contributed by atoms with Crippen LogP contribution in [-0.4, -0.2) is 45.5 Å². The summed E-state index contributed by atoms with van der Waals surface area (Å²) in [7, 11) is 4.76. The first-order valence-corrected chi connectivity index (χ1v) is 9.72. The fourth-order valence-corrected chi connectivity index (χ4v) is 3.58. The number of rotatable bonds is 7. The van der Waals surface area contributed by atoms with Crippen molar-refractivity contribution >= 4 is 17.7 Å². The molecule has 0 aliphatic heterocycles. The van der Waals surface area contributed by atoms with Crippen molar-refractivity contribution in [1.82, 2.24) is 19.7 Å². The zero-order chi connectivity index (χ0) is 21.0. The van der Waals surface area contributed by atoms with Gasteiger partial charge in [0.2, 0.25) is 5.91 Å². The topological polar surface area (TPSA) is 60.2 Å². The summed E-state index contributed by atoms with van der Waals surface area (Å²) in [6, 6.07) is 10.9. The van der Waals surface area contributed by atoms with Crippen molar-refractivity contribution in [3.63, 3.8) is 0 Å². The van der Waals surface area contributed by atoms with Crippen LogP contribution in [0.25, 0.3) is 11.4 Å². The summed E-state index contributed by atoms with van der Waals surface area (Å²) in [5.41, 5.74) is 1.00. The van der Waals surface area contributed by atoms with Gasteiger partial charge in [0.15, 0.2) is 22.5 Å². The van der Waals surface area contributed by atoms with Crippen molar-refractivity contribution in [3.05, 3.63) is 59.7 Å². The van der Waals surface area contributed by atoms with Gasteiger partial charge < -0.3 is 14.2 Å². The van der Waals surface area contributed by atoms with E-state index in [0.29, 0.717) is 22.1 Å². The molecular formula is C20H20F2N4O2S. The predicted octanol–water partition coefficient (Wildman–Crippen LogP) is 3.52. The first-order chi connectivity index (χ1) is 13.9. The summed E-state index contributed by atoms with van der Waals surface area (Å²) in [5, 5.41) is 8.59. The lowest BCUT2D eigenvalue weighted by molar-refractivity contribution is -0.127. The Morgan fingerprint density at radius 3 is 2.62 bits per heavy atom. The summed E-state index contributed by atoms with van der Waals surface area (Å²) in [4.78, 5) is 13.9. The van der Waals surface area contributed by atoms with E-state index in [2.05, 4.69) is 10.2 Å².